The minimum Gasteiger partial charge on any atom is -0.487 e. The predicted molar refractivity (Wildman–Crippen MR) is 102 cm³/mol. The maximum Gasteiger partial charge on any atom is 0.307 e. The van der Waals surface area contributed by atoms with E-state index in [1.165, 1.54) is 0 Å². The number of ether oxygens (including phenoxy) is 1. The molecule has 2 atom stereocenters. The zero-order valence-electron chi connectivity index (χ0n) is 14.5. The number of hydrogen-bond donors (Lipinski definition) is 2. The number of aliphatic carboxylic acids is 1. The molecule has 1 aliphatic rings. The summed E-state index contributed by atoms with van der Waals surface area (Å²) >= 11 is 6.25. The number of allylic oxidation sites excluding steroid dienone is 2. The molecule has 0 unspecified atom stereocenters. The van der Waals surface area contributed by atoms with E-state index in [1.807, 2.05) is 18.2 Å². The van der Waals surface area contributed by atoms with Gasteiger partial charge in [0.05, 0.1) is 16.9 Å². The van der Waals surface area contributed by atoms with Gasteiger partial charge in [-0.2, -0.15) is 0 Å². The van der Waals surface area contributed by atoms with Crippen LogP contribution in [0.4, 0.5) is 5.69 Å². The summed E-state index contributed by atoms with van der Waals surface area (Å²) in [4.78, 5) is 27.9. The first-order valence-electron chi connectivity index (χ1n) is 8.54. The van der Waals surface area contributed by atoms with Crippen molar-refractivity contribution in [3.8, 4) is 5.75 Å². The molecule has 0 bridgehead atoms. The number of rotatable bonds is 6. The minimum atomic E-state index is -0.961. The summed E-state index contributed by atoms with van der Waals surface area (Å²) in [5.74, 6) is -2.12. The quantitative estimate of drug-likeness (QED) is 0.734. The van der Waals surface area contributed by atoms with Gasteiger partial charge in [-0.05, 0) is 37.1 Å². The number of benzene rings is 1. The van der Waals surface area contributed by atoms with Crippen LogP contribution >= 0.6 is 11.6 Å². The third-order valence-corrected chi connectivity index (χ3v) is 4.70. The molecule has 0 saturated carbocycles. The zero-order chi connectivity index (χ0) is 19.2. The molecule has 27 heavy (non-hydrogen) atoms. The molecule has 0 radical (unpaired) electrons. The Hall–Kier alpha value is -2.86. The van der Waals surface area contributed by atoms with Crippen LogP contribution in [0.2, 0.25) is 5.02 Å². The normalized spacial score (nSPS) is 18.7. The van der Waals surface area contributed by atoms with Gasteiger partial charge in [0.15, 0.2) is 0 Å². The van der Waals surface area contributed by atoms with Gasteiger partial charge in [-0.1, -0.05) is 29.8 Å². The van der Waals surface area contributed by atoms with E-state index >= 15 is 0 Å². The molecular weight excluding hydrogens is 368 g/mol. The monoisotopic (exact) mass is 386 g/mol. The molecule has 1 amide bonds. The molecule has 3 rings (SSSR count). The lowest BCUT2D eigenvalue weighted by Gasteiger charge is -2.24. The second-order valence-electron chi connectivity index (χ2n) is 6.28. The van der Waals surface area contributed by atoms with Crippen molar-refractivity contribution in [2.45, 2.75) is 19.4 Å². The van der Waals surface area contributed by atoms with Crippen LogP contribution < -0.4 is 10.1 Å². The van der Waals surface area contributed by atoms with Crippen LogP contribution in [-0.2, 0) is 16.2 Å². The van der Waals surface area contributed by atoms with Crippen molar-refractivity contribution in [3.63, 3.8) is 0 Å². The smallest absolute Gasteiger partial charge is 0.307 e. The molecule has 1 heterocycles. The van der Waals surface area contributed by atoms with Crippen molar-refractivity contribution in [1.82, 2.24) is 4.98 Å². The van der Waals surface area contributed by atoms with Crippen molar-refractivity contribution in [1.29, 1.82) is 0 Å². The SMILES string of the molecule is O=C(O)[C@H]1CC=CC[C@@H]1C(=O)Nc1ccc(OCc2cccnc2)c(Cl)c1. The largest absolute Gasteiger partial charge is 0.487 e. The summed E-state index contributed by atoms with van der Waals surface area (Å²) in [7, 11) is 0. The molecule has 7 heteroatoms. The van der Waals surface area contributed by atoms with Crippen molar-refractivity contribution in [2.24, 2.45) is 11.8 Å². The van der Waals surface area contributed by atoms with Crippen molar-refractivity contribution in [3.05, 3.63) is 65.5 Å². The fraction of sp³-hybridized carbons (Fsp3) is 0.250. The van der Waals surface area contributed by atoms with Crippen LogP contribution in [0.15, 0.2) is 54.9 Å². The Morgan fingerprint density at radius 1 is 1.22 bits per heavy atom. The second kappa shape index (κ2) is 8.68. The van der Waals surface area contributed by atoms with Gasteiger partial charge < -0.3 is 15.2 Å². The Balaban J connectivity index is 1.64. The summed E-state index contributed by atoms with van der Waals surface area (Å²) in [6, 6.07) is 8.66. The maximum atomic E-state index is 12.5. The highest BCUT2D eigenvalue weighted by Crippen LogP contribution is 2.30. The average molecular weight is 387 g/mol. The number of hydrogen-bond acceptors (Lipinski definition) is 4. The molecular formula is C20H19ClN2O4. The van der Waals surface area contributed by atoms with Crippen LogP contribution in [0.1, 0.15) is 18.4 Å². The van der Waals surface area contributed by atoms with Crippen molar-refractivity contribution >= 4 is 29.2 Å². The van der Waals surface area contributed by atoms with Crippen molar-refractivity contribution in [2.75, 3.05) is 5.32 Å². The summed E-state index contributed by atoms with van der Waals surface area (Å²) in [5.41, 5.74) is 1.41. The van der Waals surface area contributed by atoms with Gasteiger partial charge in [-0.15, -0.1) is 0 Å². The van der Waals surface area contributed by atoms with E-state index in [2.05, 4.69) is 10.3 Å². The Labute approximate surface area is 161 Å². The fourth-order valence-corrected chi connectivity index (χ4v) is 3.19. The molecule has 0 fully saturated rings. The predicted octanol–water partition coefficient (Wildman–Crippen LogP) is 3.92. The molecule has 1 aromatic carbocycles. The van der Waals surface area contributed by atoms with Gasteiger partial charge in [0, 0.05) is 23.6 Å². The number of nitrogens with one attached hydrogen (secondary N) is 1. The summed E-state index contributed by atoms with van der Waals surface area (Å²) in [6.07, 6.45) is 7.79. The molecule has 0 spiro atoms. The Morgan fingerprint density at radius 3 is 2.67 bits per heavy atom. The van der Waals surface area contributed by atoms with Gasteiger partial charge in [0.25, 0.3) is 0 Å². The molecule has 2 N–H and O–H groups in total. The van der Waals surface area contributed by atoms with Gasteiger partial charge in [-0.25, -0.2) is 0 Å². The summed E-state index contributed by atoms with van der Waals surface area (Å²) in [5, 5.41) is 12.4. The number of carboxylic acid groups (broad SMARTS) is 1. The van der Waals surface area contributed by atoms with Gasteiger partial charge in [0.1, 0.15) is 12.4 Å². The molecule has 2 aromatic rings. The maximum absolute atomic E-state index is 12.5. The number of carbonyl (C=O) groups excluding carboxylic acids is 1. The number of aromatic nitrogens is 1. The molecule has 0 saturated heterocycles. The zero-order valence-corrected chi connectivity index (χ0v) is 15.2. The first-order valence-corrected chi connectivity index (χ1v) is 8.92. The van der Waals surface area contributed by atoms with Crippen LogP contribution in [0.25, 0.3) is 0 Å². The van der Waals surface area contributed by atoms with Crippen LogP contribution in [0.3, 0.4) is 0 Å². The molecule has 1 aliphatic carbocycles. The van der Waals surface area contributed by atoms with E-state index in [0.717, 1.165) is 5.56 Å². The standard InChI is InChI=1S/C20H19ClN2O4/c21-17-10-14(7-8-18(17)27-12-13-4-3-9-22-11-13)23-19(24)15-5-1-2-6-16(15)20(25)26/h1-4,7-11,15-16H,5-6,12H2,(H,23,24)(H,25,26)/t15-,16-/m0/s1. The number of amides is 1. The average Bonchev–Trinajstić information content (AvgIpc) is 2.68. The van der Waals surface area contributed by atoms with Crippen LogP contribution in [0.5, 0.6) is 5.75 Å². The van der Waals surface area contributed by atoms with E-state index in [9.17, 15) is 14.7 Å². The Kier molecular flexibility index (Phi) is 6.08. The van der Waals surface area contributed by atoms with Crippen molar-refractivity contribution < 1.29 is 19.4 Å². The van der Waals surface area contributed by atoms with Gasteiger partial charge in [0.2, 0.25) is 5.91 Å². The highest BCUT2D eigenvalue weighted by atomic mass is 35.5. The second-order valence-corrected chi connectivity index (χ2v) is 6.69. The van der Waals surface area contributed by atoms with E-state index in [0.29, 0.717) is 35.9 Å². The number of anilines is 1. The lowest BCUT2D eigenvalue weighted by atomic mass is 9.82. The van der Waals surface area contributed by atoms with Gasteiger partial charge >= 0.3 is 5.97 Å². The van der Waals surface area contributed by atoms with E-state index < -0.39 is 17.8 Å². The molecule has 0 aliphatic heterocycles. The number of pyridine rings is 1. The Morgan fingerprint density at radius 2 is 2.00 bits per heavy atom. The highest BCUT2D eigenvalue weighted by Gasteiger charge is 2.33. The summed E-state index contributed by atoms with van der Waals surface area (Å²) in [6.45, 7) is 0.327. The number of halogens is 1. The topological polar surface area (TPSA) is 88.5 Å². The number of carbonyl (C=O) groups is 2. The van der Waals surface area contributed by atoms with E-state index in [4.69, 9.17) is 16.3 Å². The van der Waals surface area contributed by atoms with E-state index in [1.54, 1.807) is 36.7 Å². The molecule has 140 valence electrons. The van der Waals surface area contributed by atoms with Crippen LogP contribution in [-0.4, -0.2) is 22.0 Å². The first kappa shape index (κ1) is 18.9. The summed E-state index contributed by atoms with van der Waals surface area (Å²) < 4.78 is 5.68. The van der Waals surface area contributed by atoms with E-state index in [-0.39, 0.29) is 5.91 Å². The minimum absolute atomic E-state index is 0.327. The highest BCUT2D eigenvalue weighted by molar-refractivity contribution is 6.32. The first-order chi connectivity index (χ1) is 13.0. The Bertz CT molecular complexity index is 854. The lowest BCUT2D eigenvalue weighted by molar-refractivity contribution is -0.146. The number of nitrogens with zero attached hydrogens (tertiary/aromatic N) is 1. The fourth-order valence-electron chi connectivity index (χ4n) is 2.95. The lowest BCUT2D eigenvalue weighted by Crippen LogP contribution is -2.34. The molecule has 1 aromatic heterocycles. The van der Waals surface area contributed by atoms with Gasteiger partial charge in [-0.3, -0.25) is 14.6 Å². The molecule has 6 nitrogen and oxygen atoms in total. The third kappa shape index (κ3) is 4.86. The third-order valence-electron chi connectivity index (χ3n) is 4.40. The number of carboxylic acids is 1. The van der Waals surface area contributed by atoms with Crippen LogP contribution in [0, 0.1) is 11.8 Å².